The molecule has 2 aliphatic rings. The molecule has 4 rings (SSSR count). The second-order valence-electron chi connectivity index (χ2n) is 8.84. The Morgan fingerprint density at radius 2 is 1.91 bits per heavy atom. The summed E-state index contributed by atoms with van der Waals surface area (Å²) in [6, 6.07) is 17.4. The highest BCUT2D eigenvalue weighted by molar-refractivity contribution is 14.0. The second kappa shape index (κ2) is 12.6. The van der Waals surface area contributed by atoms with Crippen LogP contribution < -0.4 is 10.1 Å². The van der Waals surface area contributed by atoms with Crippen molar-refractivity contribution in [2.75, 3.05) is 46.9 Å². The maximum atomic E-state index is 5.67. The van der Waals surface area contributed by atoms with E-state index < -0.39 is 0 Å². The molecule has 2 unspecified atom stereocenters. The molecule has 2 aromatic rings. The molecule has 2 aromatic carbocycles. The maximum Gasteiger partial charge on any atom is 0.193 e. The molecule has 2 aliphatic heterocycles. The van der Waals surface area contributed by atoms with Crippen molar-refractivity contribution in [3.05, 3.63) is 65.2 Å². The number of nitrogens with one attached hydrogen (secondary N) is 1. The van der Waals surface area contributed by atoms with Gasteiger partial charge >= 0.3 is 0 Å². The Kier molecular flexibility index (Phi) is 9.82. The van der Waals surface area contributed by atoms with Crippen LogP contribution in [-0.2, 0) is 17.8 Å². The van der Waals surface area contributed by atoms with Gasteiger partial charge in [0.25, 0.3) is 0 Å². The summed E-state index contributed by atoms with van der Waals surface area (Å²) >= 11 is 0. The molecule has 0 aliphatic carbocycles. The average molecular weight is 565 g/mol. The maximum absolute atomic E-state index is 5.67. The zero-order valence-electron chi connectivity index (χ0n) is 20.0. The lowest BCUT2D eigenvalue weighted by molar-refractivity contribution is -0.0212. The zero-order chi connectivity index (χ0) is 22.3. The largest absolute Gasteiger partial charge is 0.497 e. The Hall–Kier alpha value is -1.84. The Bertz CT molecular complexity index is 905. The summed E-state index contributed by atoms with van der Waals surface area (Å²) in [5.41, 5.74) is 4.01. The first-order valence-electron chi connectivity index (χ1n) is 11.7. The lowest BCUT2D eigenvalue weighted by Crippen LogP contribution is -2.40. The number of benzene rings is 2. The van der Waals surface area contributed by atoms with Crippen LogP contribution >= 0.6 is 24.0 Å². The number of hydrogen-bond donors (Lipinski definition) is 1. The summed E-state index contributed by atoms with van der Waals surface area (Å²) in [4.78, 5) is 9.40. The molecule has 6 nitrogen and oxygen atoms in total. The van der Waals surface area contributed by atoms with E-state index in [0.717, 1.165) is 64.0 Å². The number of ether oxygens (including phenoxy) is 2. The predicted octanol–water partition coefficient (Wildman–Crippen LogP) is 4.10. The fourth-order valence-electron chi connectivity index (χ4n) is 4.74. The van der Waals surface area contributed by atoms with E-state index in [1.54, 1.807) is 7.11 Å². The van der Waals surface area contributed by atoms with E-state index in [-0.39, 0.29) is 24.0 Å². The summed E-state index contributed by atoms with van der Waals surface area (Å²) in [6.07, 6.45) is 1.46. The van der Waals surface area contributed by atoms with Gasteiger partial charge in [0.05, 0.1) is 19.8 Å². The van der Waals surface area contributed by atoms with Gasteiger partial charge in [-0.3, -0.25) is 9.89 Å². The summed E-state index contributed by atoms with van der Waals surface area (Å²) < 4.78 is 11.0. The molecule has 7 heteroatoms. The molecule has 1 N–H and O–H groups in total. The summed E-state index contributed by atoms with van der Waals surface area (Å²) in [7, 11) is 3.58. The highest BCUT2D eigenvalue weighted by Crippen LogP contribution is 2.28. The minimum absolute atomic E-state index is 0. The Balaban J connectivity index is 0.00000306. The van der Waals surface area contributed by atoms with Crippen LogP contribution in [0.3, 0.4) is 0 Å². The Morgan fingerprint density at radius 3 is 2.64 bits per heavy atom. The highest BCUT2D eigenvalue weighted by atomic mass is 127. The van der Waals surface area contributed by atoms with Gasteiger partial charge in [0.2, 0.25) is 0 Å². The van der Waals surface area contributed by atoms with Gasteiger partial charge < -0.3 is 19.7 Å². The fraction of sp³-hybridized carbons (Fsp3) is 0.500. The number of guanidine groups is 1. The molecule has 180 valence electrons. The van der Waals surface area contributed by atoms with Gasteiger partial charge in [-0.25, -0.2) is 0 Å². The number of halogens is 1. The van der Waals surface area contributed by atoms with Crippen LogP contribution in [0.15, 0.2) is 53.5 Å². The van der Waals surface area contributed by atoms with Gasteiger partial charge in [-0.2, -0.15) is 0 Å². The molecular formula is C26H37IN4O2. The standard InChI is InChI=1S/C26H36N4O2.HI/c1-20-17-29(13-14-32-20)18-22-6-4-5-21(15-22)16-28-26(27-2)30-12-11-24(19-30)23-7-9-25(31-3)10-8-23;/h4-10,15,20,24H,11-14,16-19H2,1-3H3,(H,27,28);1H. The van der Waals surface area contributed by atoms with Gasteiger partial charge in [0.1, 0.15) is 5.75 Å². The normalized spacial score (nSPS) is 21.5. The molecule has 0 radical (unpaired) electrons. The molecule has 0 bridgehead atoms. The first kappa shape index (κ1) is 25.8. The minimum atomic E-state index is 0. The lowest BCUT2D eigenvalue weighted by Gasteiger charge is -2.31. The van der Waals surface area contributed by atoms with Crippen molar-refractivity contribution >= 4 is 29.9 Å². The van der Waals surface area contributed by atoms with Gasteiger partial charge in [-0.1, -0.05) is 36.4 Å². The van der Waals surface area contributed by atoms with Crippen LogP contribution in [-0.4, -0.2) is 68.8 Å². The zero-order valence-corrected chi connectivity index (χ0v) is 22.3. The molecule has 2 heterocycles. The number of likely N-dealkylation sites (tertiary alicyclic amines) is 1. The van der Waals surface area contributed by atoms with Crippen molar-refractivity contribution in [2.45, 2.75) is 38.5 Å². The van der Waals surface area contributed by atoms with E-state index in [2.05, 4.69) is 75.6 Å². The van der Waals surface area contributed by atoms with Gasteiger partial charge in [0.15, 0.2) is 5.96 Å². The van der Waals surface area contributed by atoms with E-state index in [1.165, 1.54) is 16.7 Å². The molecular weight excluding hydrogens is 527 g/mol. The number of morpholine rings is 1. The van der Waals surface area contributed by atoms with Crippen molar-refractivity contribution in [3.8, 4) is 5.75 Å². The van der Waals surface area contributed by atoms with Crippen molar-refractivity contribution in [1.29, 1.82) is 0 Å². The molecule has 0 amide bonds. The number of aliphatic imine (C=N–C) groups is 1. The smallest absolute Gasteiger partial charge is 0.193 e. The van der Waals surface area contributed by atoms with E-state index in [0.29, 0.717) is 12.0 Å². The predicted molar refractivity (Wildman–Crippen MR) is 145 cm³/mol. The first-order valence-corrected chi connectivity index (χ1v) is 11.7. The number of hydrogen-bond acceptors (Lipinski definition) is 4. The summed E-state index contributed by atoms with van der Waals surface area (Å²) in [5.74, 6) is 2.42. The Labute approximate surface area is 215 Å². The highest BCUT2D eigenvalue weighted by Gasteiger charge is 2.26. The SMILES string of the molecule is CN=C(NCc1cccc(CN2CCOC(C)C2)c1)N1CCC(c2ccc(OC)cc2)C1.I. The van der Waals surface area contributed by atoms with E-state index in [9.17, 15) is 0 Å². The number of methoxy groups -OCH3 is 1. The molecule has 0 spiro atoms. The summed E-state index contributed by atoms with van der Waals surface area (Å²) in [5, 5.41) is 3.58. The van der Waals surface area contributed by atoms with Crippen LogP contribution in [0.5, 0.6) is 5.75 Å². The molecule has 2 fully saturated rings. The molecule has 2 atom stereocenters. The number of nitrogens with zero attached hydrogens (tertiary/aromatic N) is 3. The first-order chi connectivity index (χ1) is 15.6. The third kappa shape index (κ3) is 7.07. The van der Waals surface area contributed by atoms with Crippen molar-refractivity contribution < 1.29 is 9.47 Å². The monoisotopic (exact) mass is 564 g/mol. The molecule has 0 saturated carbocycles. The average Bonchev–Trinajstić information content (AvgIpc) is 3.30. The quantitative estimate of drug-likeness (QED) is 0.326. The van der Waals surface area contributed by atoms with E-state index in [1.807, 2.05) is 7.05 Å². The van der Waals surface area contributed by atoms with Gasteiger partial charge in [0, 0.05) is 52.2 Å². The van der Waals surface area contributed by atoms with E-state index in [4.69, 9.17) is 9.47 Å². The van der Waals surface area contributed by atoms with Crippen LogP contribution in [0.25, 0.3) is 0 Å². The third-order valence-corrected chi connectivity index (χ3v) is 6.46. The molecule has 2 saturated heterocycles. The second-order valence-corrected chi connectivity index (χ2v) is 8.84. The van der Waals surface area contributed by atoms with Crippen molar-refractivity contribution in [1.82, 2.24) is 15.1 Å². The minimum Gasteiger partial charge on any atom is -0.497 e. The van der Waals surface area contributed by atoms with E-state index >= 15 is 0 Å². The van der Waals surface area contributed by atoms with Crippen LogP contribution in [0, 0.1) is 0 Å². The van der Waals surface area contributed by atoms with Gasteiger partial charge in [-0.15, -0.1) is 24.0 Å². The summed E-state index contributed by atoms with van der Waals surface area (Å²) in [6.45, 7) is 8.74. The van der Waals surface area contributed by atoms with Gasteiger partial charge in [-0.05, 0) is 42.2 Å². The van der Waals surface area contributed by atoms with Crippen molar-refractivity contribution in [2.24, 2.45) is 4.99 Å². The lowest BCUT2D eigenvalue weighted by atomic mass is 9.98. The molecule has 33 heavy (non-hydrogen) atoms. The van der Waals surface area contributed by atoms with Crippen LogP contribution in [0.1, 0.15) is 36.0 Å². The number of rotatable bonds is 6. The van der Waals surface area contributed by atoms with Crippen LogP contribution in [0.2, 0.25) is 0 Å². The topological polar surface area (TPSA) is 49.3 Å². The fourth-order valence-corrected chi connectivity index (χ4v) is 4.74. The third-order valence-electron chi connectivity index (χ3n) is 6.46. The van der Waals surface area contributed by atoms with Crippen LogP contribution in [0.4, 0.5) is 0 Å². The van der Waals surface area contributed by atoms with Crippen molar-refractivity contribution in [3.63, 3.8) is 0 Å². The molecule has 0 aromatic heterocycles. The Morgan fingerprint density at radius 1 is 1.12 bits per heavy atom.